The molecular formula is C10H11ClO3. The Balaban J connectivity index is 3.32. The van der Waals surface area contributed by atoms with Crippen LogP contribution in [0.5, 0.6) is 5.75 Å². The van der Waals surface area contributed by atoms with Gasteiger partial charge in [-0.3, -0.25) is 0 Å². The molecule has 0 spiro atoms. The third-order valence-electron chi connectivity index (χ3n) is 1.92. The van der Waals surface area contributed by atoms with Gasteiger partial charge in [-0.25, -0.2) is 4.79 Å². The Hall–Kier alpha value is -1.22. The Morgan fingerprint density at radius 1 is 1.36 bits per heavy atom. The lowest BCUT2D eigenvalue weighted by atomic mass is 10.1. The highest BCUT2D eigenvalue weighted by molar-refractivity contribution is 6.35. The Bertz CT molecular complexity index is 361. The number of benzene rings is 1. The quantitative estimate of drug-likeness (QED) is 0.710. The number of rotatable bonds is 2. The smallest absolute Gasteiger partial charge is 0.339 e. The first kappa shape index (κ1) is 10.9. The van der Waals surface area contributed by atoms with Crippen LogP contribution in [-0.4, -0.2) is 20.2 Å². The summed E-state index contributed by atoms with van der Waals surface area (Å²) in [6, 6.07) is 3.47. The Morgan fingerprint density at radius 2 is 2.00 bits per heavy atom. The lowest BCUT2D eigenvalue weighted by Gasteiger charge is -2.09. The van der Waals surface area contributed by atoms with Crippen LogP contribution >= 0.6 is 11.6 Å². The van der Waals surface area contributed by atoms with Crippen molar-refractivity contribution in [3.05, 3.63) is 28.3 Å². The van der Waals surface area contributed by atoms with Crippen molar-refractivity contribution in [1.82, 2.24) is 0 Å². The number of methoxy groups -OCH3 is 2. The van der Waals surface area contributed by atoms with Gasteiger partial charge in [0.2, 0.25) is 0 Å². The van der Waals surface area contributed by atoms with Gasteiger partial charge in [0.1, 0.15) is 5.75 Å². The average Bonchev–Trinajstić information content (AvgIpc) is 2.18. The number of ether oxygens (including phenoxy) is 2. The molecule has 76 valence electrons. The third-order valence-corrected chi connectivity index (χ3v) is 2.30. The Labute approximate surface area is 87.6 Å². The highest BCUT2D eigenvalue weighted by atomic mass is 35.5. The third kappa shape index (κ3) is 1.82. The van der Waals surface area contributed by atoms with Crippen LogP contribution in [0.2, 0.25) is 5.02 Å². The maximum Gasteiger partial charge on any atom is 0.339 e. The fourth-order valence-electron chi connectivity index (χ4n) is 1.16. The van der Waals surface area contributed by atoms with E-state index in [0.717, 1.165) is 5.56 Å². The second kappa shape index (κ2) is 4.33. The van der Waals surface area contributed by atoms with Crippen molar-refractivity contribution in [2.45, 2.75) is 6.92 Å². The van der Waals surface area contributed by atoms with E-state index in [1.165, 1.54) is 14.2 Å². The summed E-state index contributed by atoms with van der Waals surface area (Å²) in [5.41, 5.74) is 1.12. The van der Waals surface area contributed by atoms with Crippen LogP contribution in [0, 0.1) is 6.92 Å². The highest BCUT2D eigenvalue weighted by Gasteiger charge is 2.17. The summed E-state index contributed by atoms with van der Waals surface area (Å²) in [5, 5.41) is 0.291. The predicted molar refractivity (Wildman–Crippen MR) is 54.1 cm³/mol. The van der Waals surface area contributed by atoms with Gasteiger partial charge < -0.3 is 9.47 Å². The first-order valence-corrected chi connectivity index (χ1v) is 4.41. The number of carbonyl (C=O) groups is 1. The molecule has 0 aromatic heterocycles. The topological polar surface area (TPSA) is 35.5 Å². The minimum absolute atomic E-state index is 0.291. The molecule has 0 aliphatic heterocycles. The first-order valence-electron chi connectivity index (χ1n) is 4.03. The Morgan fingerprint density at radius 3 is 2.50 bits per heavy atom. The van der Waals surface area contributed by atoms with E-state index in [1.54, 1.807) is 19.1 Å². The second-order valence-corrected chi connectivity index (χ2v) is 3.14. The van der Waals surface area contributed by atoms with Gasteiger partial charge in [0, 0.05) is 0 Å². The normalized spacial score (nSPS) is 9.71. The van der Waals surface area contributed by atoms with Gasteiger partial charge in [-0.05, 0) is 18.6 Å². The molecule has 4 heteroatoms. The summed E-state index contributed by atoms with van der Waals surface area (Å²) >= 11 is 5.96. The van der Waals surface area contributed by atoms with Gasteiger partial charge >= 0.3 is 5.97 Å². The fraction of sp³-hybridized carbons (Fsp3) is 0.300. The SMILES string of the molecule is COC(=O)c1c(C)ccc(OC)c1Cl. The summed E-state index contributed by atoms with van der Waals surface area (Å²) in [5.74, 6) is 0.0177. The maximum atomic E-state index is 11.4. The molecule has 0 unspecified atom stereocenters. The Kier molecular flexibility index (Phi) is 3.36. The summed E-state index contributed by atoms with van der Waals surface area (Å²) in [7, 11) is 2.81. The van der Waals surface area contributed by atoms with E-state index in [1.807, 2.05) is 0 Å². The molecule has 1 rings (SSSR count). The lowest BCUT2D eigenvalue weighted by molar-refractivity contribution is 0.0599. The number of aryl methyl sites for hydroxylation is 1. The van der Waals surface area contributed by atoms with Crippen molar-refractivity contribution in [2.24, 2.45) is 0 Å². The number of hydrogen-bond acceptors (Lipinski definition) is 3. The van der Waals surface area contributed by atoms with Crippen molar-refractivity contribution in [2.75, 3.05) is 14.2 Å². The van der Waals surface area contributed by atoms with Crippen molar-refractivity contribution < 1.29 is 14.3 Å². The van der Waals surface area contributed by atoms with Crippen LogP contribution < -0.4 is 4.74 Å². The molecule has 0 radical (unpaired) electrons. The van der Waals surface area contributed by atoms with E-state index in [2.05, 4.69) is 4.74 Å². The number of esters is 1. The van der Waals surface area contributed by atoms with Crippen molar-refractivity contribution in [3.63, 3.8) is 0 Å². The zero-order valence-corrected chi connectivity index (χ0v) is 9.01. The second-order valence-electron chi connectivity index (χ2n) is 2.77. The molecule has 14 heavy (non-hydrogen) atoms. The molecule has 1 aromatic carbocycles. The zero-order chi connectivity index (χ0) is 10.7. The number of carbonyl (C=O) groups excluding carboxylic acids is 1. The summed E-state index contributed by atoms with van der Waals surface area (Å²) in [6.07, 6.45) is 0. The lowest BCUT2D eigenvalue weighted by Crippen LogP contribution is -2.05. The molecular weight excluding hydrogens is 204 g/mol. The van der Waals surface area contributed by atoms with Gasteiger partial charge in [-0.2, -0.15) is 0 Å². The van der Waals surface area contributed by atoms with Crippen LogP contribution in [0.15, 0.2) is 12.1 Å². The number of halogens is 1. The molecule has 3 nitrogen and oxygen atoms in total. The predicted octanol–water partition coefficient (Wildman–Crippen LogP) is 2.44. The van der Waals surface area contributed by atoms with E-state index in [4.69, 9.17) is 16.3 Å². The van der Waals surface area contributed by atoms with Crippen LogP contribution in [0.3, 0.4) is 0 Å². The average molecular weight is 215 g/mol. The zero-order valence-electron chi connectivity index (χ0n) is 8.26. The van der Waals surface area contributed by atoms with E-state index >= 15 is 0 Å². The minimum atomic E-state index is -0.452. The maximum absolute atomic E-state index is 11.4. The summed E-state index contributed by atoms with van der Waals surface area (Å²) in [4.78, 5) is 11.4. The van der Waals surface area contributed by atoms with E-state index in [9.17, 15) is 4.79 Å². The van der Waals surface area contributed by atoms with Gasteiger partial charge in [0.15, 0.2) is 0 Å². The summed E-state index contributed by atoms with van der Waals surface area (Å²) < 4.78 is 9.61. The van der Waals surface area contributed by atoms with Crippen molar-refractivity contribution in [3.8, 4) is 5.75 Å². The van der Waals surface area contributed by atoms with Gasteiger partial charge in [0.25, 0.3) is 0 Å². The molecule has 0 fully saturated rings. The molecule has 0 bridgehead atoms. The van der Waals surface area contributed by atoms with Gasteiger partial charge in [-0.15, -0.1) is 0 Å². The molecule has 0 aliphatic carbocycles. The van der Waals surface area contributed by atoms with E-state index in [0.29, 0.717) is 16.3 Å². The summed E-state index contributed by atoms with van der Waals surface area (Å²) in [6.45, 7) is 1.79. The first-order chi connectivity index (χ1) is 6.61. The standard InChI is InChI=1S/C10H11ClO3/c1-6-4-5-7(13-2)9(11)8(6)10(12)14-3/h4-5H,1-3H3. The molecule has 0 amide bonds. The monoisotopic (exact) mass is 214 g/mol. The van der Waals surface area contributed by atoms with Crippen LogP contribution in [0.25, 0.3) is 0 Å². The van der Waals surface area contributed by atoms with Crippen molar-refractivity contribution >= 4 is 17.6 Å². The molecule has 0 atom stereocenters. The van der Waals surface area contributed by atoms with Gasteiger partial charge in [0.05, 0.1) is 24.8 Å². The molecule has 1 aromatic rings. The van der Waals surface area contributed by atoms with Crippen molar-refractivity contribution in [1.29, 1.82) is 0 Å². The number of hydrogen-bond donors (Lipinski definition) is 0. The van der Waals surface area contributed by atoms with Crippen LogP contribution in [0.1, 0.15) is 15.9 Å². The van der Waals surface area contributed by atoms with Gasteiger partial charge in [-0.1, -0.05) is 17.7 Å². The molecule has 0 aliphatic rings. The van der Waals surface area contributed by atoms with E-state index in [-0.39, 0.29) is 0 Å². The largest absolute Gasteiger partial charge is 0.495 e. The minimum Gasteiger partial charge on any atom is -0.495 e. The van der Waals surface area contributed by atoms with E-state index < -0.39 is 5.97 Å². The molecule has 0 N–H and O–H groups in total. The molecule has 0 saturated carbocycles. The fourth-order valence-corrected chi connectivity index (χ4v) is 1.53. The van der Waals surface area contributed by atoms with Crippen LogP contribution in [0.4, 0.5) is 0 Å². The van der Waals surface area contributed by atoms with Crippen LogP contribution in [-0.2, 0) is 4.74 Å². The molecule has 0 saturated heterocycles. The molecule has 0 heterocycles. The highest BCUT2D eigenvalue weighted by Crippen LogP contribution is 2.30.